The quantitative estimate of drug-likeness (QED) is 0.289. The van der Waals surface area contributed by atoms with Crippen molar-refractivity contribution in [1.82, 2.24) is 24.8 Å². The van der Waals surface area contributed by atoms with Crippen molar-refractivity contribution in [2.24, 2.45) is 0 Å². The van der Waals surface area contributed by atoms with Gasteiger partial charge in [0.25, 0.3) is 0 Å². The molecule has 0 aliphatic heterocycles. The minimum atomic E-state index is -1.40. The van der Waals surface area contributed by atoms with Gasteiger partial charge in [-0.15, -0.1) is 0 Å². The van der Waals surface area contributed by atoms with Gasteiger partial charge in [0, 0.05) is 25.1 Å². The van der Waals surface area contributed by atoms with Crippen LogP contribution in [-0.4, -0.2) is 25.4 Å². The average Bonchev–Trinajstić information content (AvgIpc) is 3.26. The summed E-state index contributed by atoms with van der Waals surface area (Å²) in [6.07, 6.45) is 4.75. The number of benzene rings is 2. The summed E-state index contributed by atoms with van der Waals surface area (Å²) in [6.45, 7) is 6.22. The smallest absolute Gasteiger partial charge is 0.220 e. The molecule has 0 radical (unpaired) electrons. The second kappa shape index (κ2) is 10.8. The Hall–Kier alpha value is -3.81. The number of alkyl halides is 1. The molecule has 0 aliphatic rings. The van der Waals surface area contributed by atoms with Crippen LogP contribution in [0.25, 0.3) is 22.6 Å². The van der Waals surface area contributed by atoms with Crippen LogP contribution in [0.3, 0.4) is 0 Å². The molecule has 0 bridgehead atoms. The number of nitrogens with one attached hydrogen (secondary N) is 1. The molecular formula is C28H33FN6O. The third-order valence-corrected chi connectivity index (χ3v) is 6.21. The molecule has 0 spiro atoms. The number of nitrogens with two attached hydrogens (primary N) is 1. The summed E-state index contributed by atoms with van der Waals surface area (Å²) in [4.78, 5) is 25.8. The second-order valence-corrected chi connectivity index (χ2v) is 9.67. The van der Waals surface area contributed by atoms with Crippen LogP contribution in [0.2, 0.25) is 0 Å². The molecule has 8 heteroatoms. The Labute approximate surface area is 211 Å². The SMILES string of the molecule is Cc1ccc(-c2nc(N)c3ncn(CCCCCC(=O)NCc4cccc(C(C)(C)F)c4)c3n2)cc1. The second-order valence-electron chi connectivity index (χ2n) is 9.67. The molecule has 4 aromatic rings. The number of rotatable bonds is 10. The first-order chi connectivity index (χ1) is 17.2. The number of halogens is 1. The molecule has 2 aromatic carbocycles. The first kappa shape index (κ1) is 25.3. The Morgan fingerprint density at radius 2 is 1.86 bits per heavy atom. The van der Waals surface area contributed by atoms with E-state index in [0.29, 0.717) is 35.7 Å². The number of fused-ring (bicyclic) bond motifs is 1. The highest BCUT2D eigenvalue weighted by Gasteiger charge is 2.18. The number of imidazole rings is 1. The minimum Gasteiger partial charge on any atom is -0.382 e. The van der Waals surface area contributed by atoms with Gasteiger partial charge >= 0.3 is 0 Å². The van der Waals surface area contributed by atoms with E-state index in [4.69, 9.17) is 10.7 Å². The molecule has 0 atom stereocenters. The van der Waals surface area contributed by atoms with Crippen LogP contribution < -0.4 is 11.1 Å². The largest absolute Gasteiger partial charge is 0.382 e. The van der Waals surface area contributed by atoms with Gasteiger partial charge in [-0.05, 0) is 44.7 Å². The normalized spacial score (nSPS) is 11.7. The molecular weight excluding hydrogens is 455 g/mol. The predicted molar refractivity (Wildman–Crippen MR) is 141 cm³/mol. The molecule has 36 heavy (non-hydrogen) atoms. The molecule has 188 valence electrons. The van der Waals surface area contributed by atoms with Gasteiger partial charge < -0.3 is 15.6 Å². The van der Waals surface area contributed by atoms with Crippen LogP contribution in [0, 0.1) is 6.92 Å². The number of nitrogens with zero attached hydrogens (tertiary/aromatic N) is 4. The Morgan fingerprint density at radius 3 is 2.61 bits per heavy atom. The Balaban J connectivity index is 1.26. The van der Waals surface area contributed by atoms with Gasteiger partial charge in [0.2, 0.25) is 5.91 Å². The molecule has 3 N–H and O–H groups in total. The highest BCUT2D eigenvalue weighted by molar-refractivity contribution is 5.83. The van der Waals surface area contributed by atoms with Crippen molar-refractivity contribution < 1.29 is 9.18 Å². The number of amides is 1. The van der Waals surface area contributed by atoms with E-state index in [0.717, 1.165) is 42.6 Å². The molecule has 2 aromatic heterocycles. The third-order valence-electron chi connectivity index (χ3n) is 6.21. The number of anilines is 1. The fourth-order valence-corrected chi connectivity index (χ4v) is 4.05. The summed E-state index contributed by atoms with van der Waals surface area (Å²) in [5.74, 6) is 0.946. The highest BCUT2D eigenvalue weighted by Crippen LogP contribution is 2.25. The van der Waals surface area contributed by atoms with Crippen LogP contribution >= 0.6 is 0 Å². The van der Waals surface area contributed by atoms with Gasteiger partial charge in [0.15, 0.2) is 17.3 Å². The number of hydrogen-bond donors (Lipinski definition) is 2. The van der Waals surface area contributed by atoms with Crippen molar-refractivity contribution >= 4 is 22.9 Å². The van der Waals surface area contributed by atoms with E-state index in [1.165, 1.54) is 19.4 Å². The fraction of sp³-hybridized carbons (Fsp3) is 0.357. The van der Waals surface area contributed by atoms with Crippen molar-refractivity contribution in [2.45, 2.75) is 65.2 Å². The Kier molecular flexibility index (Phi) is 7.62. The summed E-state index contributed by atoms with van der Waals surface area (Å²) in [6, 6.07) is 15.3. The lowest BCUT2D eigenvalue weighted by Gasteiger charge is -2.15. The van der Waals surface area contributed by atoms with Crippen LogP contribution in [0.5, 0.6) is 0 Å². The molecule has 7 nitrogen and oxygen atoms in total. The van der Waals surface area contributed by atoms with Gasteiger partial charge in [-0.1, -0.05) is 60.5 Å². The van der Waals surface area contributed by atoms with Crippen molar-refractivity contribution in [3.63, 3.8) is 0 Å². The third kappa shape index (κ3) is 6.24. The highest BCUT2D eigenvalue weighted by atomic mass is 19.1. The topological polar surface area (TPSA) is 98.7 Å². The number of unbranched alkanes of at least 4 members (excludes halogenated alkanes) is 2. The zero-order chi connectivity index (χ0) is 25.7. The van der Waals surface area contributed by atoms with Crippen LogP contribution in [0.15, 0.2) is 54.9 Å². The van der Waals surface area contributed by atoms with Gasteiger partial charge in [-0.25, -0.2) is 19.3 Å². The number of aryl methyl sites for hydroxylation is 2. The lowest BCUT2D eigenvalue weighted by atomic mass is 9.98. The number of nitrogen functional groups attached to an aromatic ring is 1. The fourth-order valence-electron chi connectivity index (χ4n) is 4.05. The van der Waals surface area contributed by atoms with Crippen LogP contribution in [0.1, 0.15) is 56.2 Å². The molecule has 2 heterocycles. The minimum absolute atomic E-state index is 0.00348. The van der Waals surface area contributed by atoms with E-state index in [9.17, 15) is 9.18 Å². The van der Waals surface area contributed by atoms with Gasteiger partial charge in [-0.3, -0.25) is 4.79 Å². The number of carbonyl (C=O) groups is 1. The number of hydrogen-bond acceptors (Lipinski definition) is 5. The number of aromatic nitrogens is 4. The zero-order valence-corrected chi connectivity index (χ0v) is 21.1. The predicted octanol–water partition coefficient (Wildman–Crippen LogP) is 5.47. The maximum atomic E-state index is 14.2. The van der Waals surface area contributed by atoms with Crippen molar-refractivity contribution in [3.05, 3.63) is 71.5 Å². The molecule has 1 amide bonds. The summed E-state index contributed by atoms with van der Waals surface area (Å²) < 4.78 is 16.1. The first-order valence-electron chi connectivity index (χ1n) is 12.3. The average molecular weight is 489 g/mol. The standard InChI is InChI=1S/C28H33FN6O/c1-19-11-13-21(14-12-19)26-33-25(30)24-27(34-26)35(18-32-24)15-6-4-5-10-23(36)31-17-20-8-7-9-22(16-20)28(2,3)29/h7-9,11-14,16,18H,4-6,10,15,17H2,1-3H3,(H,31,36)(H2,30,33,34). The maximum Gasteiger partial charge on any atom is 0.220 e. The summed E-state index contributed by atoms with van der Waals surface area (Å²) in [5, 5.41) is 2.93. The van der Waals surface area contributed by atoms with Gasteiger partial charge in [0.1, 0.15) is 11.2 Å². The Morgan fingerprint density at radius 1 is 1.08 bits per heavy atom. The Bertz CT molecular complexity index is 1340. The van der Waals surface area contributed by atoms with E-state index in [1.807, 2.05) is 47.9 Å². The van der Waals surface area contributed by atoms with Crippen LogP contribution in [-0.2, 0) is 23.6 Å². The maximum absolute atomic E-state index is 14.2. The molecule has 0 unspecified atom stereocenters. The van der Waals surface area contributed by atoms with Crippen LogP contribution in [0.4, 0.5) is 10.2 Å². The molecule has 0 aliphatic carbocycles. The van der Waals surface area contributed by atoms with E-state index in [2.05, 4.69) is 15.3 Å². The molecule has 0 saturated carbocycles. The summed E-state index contributed by atoms with van der Waals surface area (Å²) >= 11 is 0. The molecule has 4 rings (SSSR count). The van der Waals surface area contributed by atoms with E-state index in [-0.39, 0.29) is 5.91 Å². The monoisotopic (exact) mass is 488 g/mol. The van der Waals surface area contributed by atoms with Crippen molar-refractivity contribution in [3.8, 4) is 11.4 Å². The van der Waals surface area contributed by atoms with Gasteiger partial charge in [0.05, 0.1) is 6.33 Å². The summed E-state index contributed by atoms with van der Waals surface area (Å²) in [7, 11) is 0. The first-order valence-corrected chi connectivity index (χ1v) is 12.3. The lowest BCUT2D eigenvalue weighted by Crippen LogP contribution is -2.22. The molecule has 0 saturated heterocycles. The van der Waals surface area contributed by atoms with Crippen molar-refractivity contribution in [1.29, 1.82) is 0 Å². The molecule has 0 fully saturated rings. The summed E-state index contributed by atoms with van der Waals surface area (Å²) in [5.41, 5.74) is 9.66. The lowest BCUT2D eigenvalue weighted by molar-refractivity contribution is -0.121. The van der Waals surface area contributed by atoms with E-state index in [1.54, 1.807) is 18.5 Å². The van der Waals surface area contributed by atoms with E-state index >= 15 is 0 Å². The van der Waals surface area contributed by atoms with Crippen molar-refractivity contribution in [2.75, 3.05) is 5.73 Å². The number of carbonyl (C=O) groups excluding carboxylic acids is 1. The zero-order valence-electron chi connectivity index (χ0n) is 21.1. The van der Waals surface area contributed by atoms with Gasteiger partial charge in [-0.2, -0.15) is 0 Å². The van der Waals surface area contributed by atoms with E-state index < -0.39 is 5.67 Å².